The molecule has 0 aliphatic heterocycles. The van der Waals surface area contributed by atoms with Crippen LogP contribution in [0.1, 0.15) is 43.9 Å². The molecule has 0 aromatic carbocycles. The minimum Gasteiger partial charge on any atom is -0.392 e. The molecule has 0 radical (unpaired) electrons. The molecule has 2 rings (SSSR count). The number of aryl methyl sites for hydroxylation is 1. The SMILES string of the molecule is CCNC1CCCc2cn(CC(C)O)cc21. The molecule has 0 saturated heterocycles. The molecule has 1 aliphatic rings. The Morgan fingerprint density at radius 3 is 3.06 bits per heavy atom. The molecule has 3 nitrogen and oxygen atoms in total. The van der Waals surface area contributed by atoms with Crippen molar-refractivity contribution in [1.82, 2.24) is 9.88 Å². The first kappa shape index (κ1) is 11.7. The highest BCUT2D eigenvalue weighted by Gasteiger charge is 2.21. The van der Waals surface area contributed by atoms with Gasteiger partial charge in [-0.05, 0) is 43.9 Å². The summed E-state index contributed by atoms with van der Waals surface area (Å²) in [6, 6.07) is 0.518. The lowest BCUT2D eigenvalue weighted by molar-refractivity contribution is 0.173. The molecule has 3 heteroatoms. The second-order valence-electron chi connectivity index (χ2n) is 4.79. The van der Waals surface area contributed by atoms with Crippen molar-refractivity contribution in [1.29, 1.82) is 0 Å². The van der Waals surface area contributed by atoms with Gasteiger partial charge in [0.05, 0.1) is 6.10 Å². The first-order chi connectivity index (χ1) is 7.70. The minimum atomic E-state index is -0.272. The molecule has 2 N–H and O–H groups in total. The monoisotopic (exact) mass is 222 g/mol. The number of aliphatic hydroxyl groups is 1. The van der Waals surface area contributed by atoms with Gasteiger partial charge in [0.1, 0.15) is 0 Å². The van der Waals surface area contributed by atoms with Gasteiger partial charge in [0.2, 0.25) is 0 Å². The van der Waals surface area contributed by atoms with Gasteiger partial charge < -0.3 is 15.0 Å². The van der Waals surface area contributed by atoms with Crippen LogP contribution in [0, 0.1) is 0 Å². The van der Waals surface area contributed by atoms with Crippen LogP contribution in [0.3, 0.4) is 0 Å². The molecule has 0 bridgehead atoms. The summed E-state index contributed by atoms with van der Waals surface area (Å²) in [4.78, 5) is 0. The van der Waals surface area contributed by atoms with Crippen molar-refractivity contribution in [3.8, 4) is 0 Å². The van der Waals surface area contributed by atoms with E-state index in [1.807, 2.05) is 6.92 Å². The highest BCUT2D eigenvalue weighted by atomic mass is 16.3. The maximum Gasteiger partial charge on any atom is 0.0690 e. The normalized spacial score (nSPS) is 21.8. The van der Waals surface area contributed by atoms with Crippen LogP contribution in [0.4, 0.5) is 0 Å². The Morgan fingerprint density at radius 1 is 1.56 bits per heavy atom. The summed E-state index contributed by atoms with van der Waals surface area (Å²) in [7, 11) is 0. The van der Waals surface area contributed by atoms with Crippen LogP contribution in [0.5, 0.6) is 0 Å². The van der Waals surface area contributed by atoms with Gasteiger partial charge in [-0.1, -0.05) is 6.92 Å². The van der Waals surface area contributed by atoms with Gasteiger partial charge in [-0.2, -0.15) is 0 Å². The van der Waals surface area contributed by atoms with Crippen molar-refractivity contribution in [2.45, 2.75) is 51.8 Å². The summed E-state index contributed by atoms with van der Waals surface area (Å²) in [5.41, 5.74) is 2.90. The standard InChI is InChI=1S/C13H22N2O/c1-3-14-13-6-4-5-11-8-15(7-10(2)16)9-12(11)13/h8-10,13-14,16H,3-7H2,1-2H3. The van der Waals surface area contributed by atoms with Gasteiger partial charge >= 0.3 is 0 Å². The number of hydrogen-bond acceptors (Lipinski definition) is 2. The van der Waals surface area contributed by atoms with Crippen LogP contribution in [0.15, 0.2) is 12.4 Å². The van der Waals surface area contributed by atoms with Gasteiger partial charge in [0, 0.05) is 25.0 Å². The first-order valence-electron chi connectivity index (χ1n) is 6.30. The summed E-state index contributed by atoms with van der Waals surface area (Å²) >= 11 is 0. The quantitative estimate of drug-likeness (QED) is 0.816. The third kappa shape index (κ3) is 2.47. The summed E-state index contributed by atoms with van der Waals surface area (Å²) in [5.74, 6) is 0. The minimum absolute atomic E-state index is 0.272. The smallest absolute Gasteiger partial charge is 0.0690 e. The van der Waals surface area contributed by atoms with Crippen molar-refractivity contribution in [2.24, 2.45) is 0 Å². The number of nitrogens with zero attached hydrogens (tertiary/aromatic N) is 1. The van der Waals surface area contributed by atoms with Crippen LogP contribution < -0.4 is 5.32 Å². The highest BCUT2D eigenvalue weighted by Crippen LogP contribution is 2.30. The second kappa shape index (κ2) is 5.02. The van der Waals surface area contributed by atoms with E-state index in [-0.39, 0.29) is 6.10 Å². The molecular formula is C13H22N2O. The zero-order valence-electron chi connectivity index (χ0n) is 10.2. The zero-order valence-corrected chi connectivity index (χ0v) is 10.2. The van der Waals surface area contributed by atoms with Gasteiger partial charge in [0.15, 0.2) is 0 Å². The summed E-state index contributed by atoms with van der Waals surface area (Å²) < 4.78 is 2.13. The highest BCUT2D eigenvalue weighted by molar-refractivity contribution is 5.30. The average molecular weight is 222 g/mol. The first-order valence-corrected chi connectivity index (χ1v) is 6.30. The molecule has 90 valence electrons. The lowest BCUT2D eigenvalue weighted by Gasteiger charge is -2.22. The Morgan fingerprint density at radius 2 is 2.38 bits per heavy atom. The van der Waals surface area contributed by atoms with E-state index in [4.69, 9.17) is 0 Å². The number of rotatable bonds is 4. The van der Waals surface area contributed by atoms with Gasteiger partial charge in [-0.15, -0.1) is 0 Å². The Labute approximate surface area is 97.5 Å². The van der Waals surface area contributed by atoms with E-state index >= 15 is 0 Å². The molecule has 2 atom stereocenters. The fourth-order valence-corrected chi connectivity index (χ4v) is 2.62. The molecule has 0 spiro atoms. The molecule has 0 saturated carbocycles. The number of nitrogens with one attached hydrogen (secondary N) is 1. The summed E-state index contributed by atoms with van der Waals surface area (Å²) in [6.45, 7) is 5.71. The Bertz CT molecular complexity index is 344. The van der Waals surface area contributed by atoms with Crippen molar-refractivity contribution < 1.29 is 5.11 Å². The largest absolute Gasteiger partial charge is 0.392 e. The number of fused-ring (bicyclic) bond motifs is 1. The lowest BCUT2D eigenvalue weighted by atomic mass is 9.91. The van der Waals surface area contributed by atoms with Crippen molar-refractivity contribution in [3.63, 3.8) is 0 Å². The van der Waals surface area contributed by atoms with E-state index in [0.29, 0.717) is 12.6 Å². The zero-order chi connectivity index (χ0) is 11.5. The molecule has 16 heavy (non-hydrogen) atoms. The van der Waals surface area contributed by atoms with Gasteiger partial charge in [-0.25, -0.2) is 0 Å². The van der Waals surface area contributed by atoms with E-state index in [0.717, 1.165) is 6.54 Å². The van der Waals surface area contributed by atoms with Crippen molar-refractivity contribution >= 4 is 0 Å². The van der Waals surface area contributed by atoms with E-state index in [1.165, 1.54) is 30.4 Å². The van der Waals surface area contributed by atoms with Crippen LogP contribution >= 0.6 is 0 Å². The molecule has 1 aromatic heterocycles. The van der Waals surface area contributed by atoms with Crippen LogP contribution in [0.2, 0.25) is 0 Å². The third-order valence-corrected chi connectivity index (χ3v) is 3.24. The molecular weight excluding hydrogens is 200 g/mol. The molecule has 1 aromatic rings. The van der Waals surface area contributed by atoms with Crippen molar-refractivity contribution in [2.75, 3.05) is 6.54 Å². The van der Waals surface area contributed by atoms with Crippen LogP contribution in [0.25, 0.3) is 0 Å². The molecule has 0 fully saturated rings. The van der Waals surface area contributed by atoms with E-state index < -0.39 is 0 Å². The van der Waals surface area contributed by atoms with Gasteiger partial charge in [-0.3, -0.25) is 0 Å². The van der Waals surface area contributed by atoms with Gasteiger partial charge in [0.25, 0.3) is 0 Å². The number of hydrogen-bond donors (Lipinski definition) is 2. The maximum atomic E-state index is 9.40. The third-order valence-electron chi connectivity index (χ3n) is 3.24. The fourth-order valence-electron chi connectivity index (χ4n) is 2.62. The average Bonchev–Trinajstić information content (AvgIpc) is 2.60. The fraction of sp³-hybridized carbons (Fsp3) is 0.692. The Balaban J connectivity index is 2.17. The molecule has 1 heterocycles. The van der Waals surface area contributed by atoms with E-state index in [1.54, 1.807) is 0 Å². The number of aliphatic hydroxyl groups excluding tert-OH is 1. The predicted octanol–water partition coefficient (Wildman–Crippen LogP) is 1.86. The second-order valence-corrected chi connectivity index (χ2v) is 4.79. The molecule has 0 amide bonds. The summed E-state index contributed by atoms with van der Waals surface area (Å²) in [5, 5.41) is 12.9. The molecule has 1 aliphatic carbocycles. The van der Waals surface area contributed by atoms with E-state index in [9.17, 15) is 5.11 Å². The Hall–Kier alpha value is -0.800. The topological polar surface area (TPSA) is 37.2 Å². The Kier molecular flexibility index (Phi) is 3.66. The molecule has 2 unspecified atom stereocenters. The summed E-state index contributed by atoms with van der Waals surface area (Å²) in [6.07, 6.45) is 7.82. The van der Waals surface area contributed by atoms with Crippen molar-refractivity contribution in [3.05, 3.63) is 23.5 Å². The van der Waals surface area contributed by atoms with Crippen LogP contribution in [-0.2, 0) is 13.0 Å². The maximum absolute atomic E-state index is 9.40. The van der Waals surface area contributed by atoms with E-state index in [2.05, 4.69) is 29.2 Å². The predicted molar refractivity (Wildman–Crippen MR) is 65.5 cm³/mol. The lowest BCUT2D eigenvalue weighted by Crippen LogP contribution is -2.23. The number of aromatic nitrogens is 1. The van der Waals surface area contributed by atoms with Crippen LogP contribution in [-0.4, -0.2) is 22.3 Å².